The summed E-state index contributed by atoms with van der Waals surface area (Å²) in [4.78, 5) is 4.48. The zero-order valence-electron chi connectivity index (χ0n) is 10.7. The fourth-order valence-electron chi connectivity index (χ4n) is 2.15. The maximum absolute atomic E-state index is 4.48. The lowest BCUT2D eigenvalue weighted by Gasteiger charge is -2.33. The SMILES string of the molecule is CC1CC(Nc2ccc(C(C)(C)C)cn2)C1. The van der Waals surface area contributed by atoms with Crippen molar-refractivity contribution in [1.82, 2.24) is 4.98 Å². The standard InChI is InChI=1S/C14H22N2/c1-10-7-12(8-10)16-13-6-5-11(9-15-13)14(2,3)4/h5-6,9-10,12H,7-8H2,1-4H3,(H,15,16). The molecule has 2 rings (SSSR count). The third-order valence-corrected chi connectivity index (χ3v) is 3.36. The van der Waals surface area contributed by atoms with E-state index in [1.807, 2.05) is 6.20 Å². The molecule has 0 atom stereocenters. The lowest BCUT2D eigenvalue weighted by atomic mass is 9.82. The largest absolute Gasteiger partial charge is 0.367 e. The number of hydrogen-bond donors (Lipinski definition) is 1. The summed E-state index contributed by atoms with van der Waals surface area (Å²) in [7, 11) is 0. The molecule has 1 fully saturated rings. The molecule has 2 nitrogen and oxygen atoms in total. The molecule has 1 aliphatic rings. The molecule has 16 heavy (non-hydrogen) atoms. The van der Waals surface area contributed by atoms with E-state index in [1.165, 1.54) is 18.4 Å². The Hall–Kier alpha value is -1.05. The Balaban J connectivity index is 1.97. The smallest absolute Gasteiger partial charge is 0.126 e. The van der Waals surface area contributed by atoms with Gasteiger partial charge in [0.15, 0.2) is 0 Å². The molecule has 0 spiro atoms. The van der Waals surface area contributed by atoms with Crippen molar-refractivity contribution >= 4 is 5.82 Å². The van der Waals surface area contributed by atoms with Crippen LogP contribution in [0.1, 0.15) is 46.1 Å². The van der Waals surface area contributed by atoms with Crippen molar-refractivity contribution in [2.75, 3.05) is 5.32 Å². The third kappa shape index (κ3) is 2.55. The first kappa shape index (κ1) is 11.4. The minimum Gasteiger partial charge on any atom is -0.367 e. The normalized spacial score (nSPS) is 25.0. The highest BCUT2D eigenvalue weighted by molar-refractivity contribution is 5.38. The van der Waals surface area contributed by atoms with Crippen LogP contribution in [0.4, 0.5) is 5.82 Å². The predicted molar refractivity (Wildman–Crippen MR) is 68.7 cm³/mol. The second-order valence-electron chi connectivity index (χ2n) is 6.10. The lowest BCUT2D eigenvalue weighted by molar-refractivity contribution is 0.308. The van der Waals surface area contributed by atoms with E-state index in [2.05, 4.69) is 50.1 Å². The van der Waals surface area contributed by atoms with Gasteiger partial charge >= 0.3 is 0 Å². The zero-order valence-corrected chi connectivity index (χ0v) is 10.7. The van der Waals surface area contributed by atoms with Crippen LogP contribution in [0.15, 0.2) is 18.3 Å². The van der Waals surface area contributed by atoms with Gasteiger partial charge in [-0.05, 0) is 35.8 Å². The van der Waals surface area contributed by atoms with Crippen molar-refractivity contribution in [2.24, 2.45) is 5.92 Å². The van der Waals surface area contributed by atoms with E-state index < -0.39 is 0 Å². The number of hydrogen-bond acceptors (Lipinski definition) is 2. The molecule has 1 aromatic heterocycles. The van der Waals surface area contributed by atoms with E-state index in [1.54, 1.807) is 0 Å². The van der Waals surface area contributed by atoms with E-state index in [0.717, 1.165) is 11.7 Å². The molecule has 0 unspecified atom stereocenters. The summed E-state index contributed by atoms with van der Waals surface area (Å²) in [6, 6.07) is 4.92. The van der Waals surface area contributed by atoms with Crippen molar-refractivity contribution in [1.29, 1.82) is 0 Å². The van der Waals surface area contributed by atoms with Gasteiger partial charge in [0.2, 0.25) is 0 Å². The predicted octanol–water partition coefficient (Wildman–Crippen LogP) is 3.59. The Morgan fingerprint density at radius 2 is 1.94 bits per heavy atom. The minimum atomic E-state index is 0.191. The Morgan fingerprint density at radius 3 is 2.38 bits per heavy atom. The van der Waals surface area contributed by atoms with Gasteiger partial charge in [-0.15, -0.1) is 0 Å². The van der Waals surface area contributed by atoms with Gasteiger partial charge in [0.25, 0.3) is 0 Å². The van der Waals surface area contributed by atoms with Crippen molar-refractivity contribution in [3.05, 3.63) is 23.9 Å². The van der Waals surface area contributed by atoms with Crippen LogP contribution in [0.25, 0.3) is 0 Å². The fraction of sp³-hybridized carbons (Fsp3) is 0.643. The van der Waals surface area contributed by atoms with Gasteiger partial charge in [0.05, 0.1) is 0 Å². The maximum atomic E-state index is 4.48. The lowest BCUT2D eigenvalue weighted by Crippen LogP contribution is -2.34. The van der Waals surface area contributed by atoms with Gasteiger partial charge in [0.1, 0.15) is 5.82 Å². The second kappa shape index (κ2) is 4.08. The topological polar surface area (TPSA) is 24.9 Å². The Bertz CT molecular complexity index is 342. The molecule has 0 aliphatic heterocycles. The van der Waals surface area contributed by atoms with E-state index >= 15 is 0 Å². The van der Waals surface area contributed by atoms with Crippen molar-refractivity contribution in [3.63, 3.8) is 0 Å². The summed E-state index contributed by atoms with van der Waals surface area (Å²) in [5.41, 5.74) is 1.48. The zero-order chi connectivity index (χ0) is 11.8. The number of pyridine rings is 1. The van der Waals surface area contributed by atoms with Crippen LogP contribution in [0.2, 0.25) is 0 Å². The quantitative estimate of drug-likeness (QED) is 0.820. The van der Waals surface area contributed by atoms with Crippen LogP contribution < -0.4 is 5.32 Å². The first-order valence-corrected chi connectivity index (χ1v) is 6.18. The molecule has 1 N–H and O–H groups in total. The molecule has 88 valence electrons. The molecule has 1 aliphatic carbocycles. The molecule has 0 bridgehead atoms. The summed E-state index contributed by atoms with van der Waals surface area (Å²) in [5, 5.41) is 3.48. The number of nitrogens with one attached hydrogen (secondary N) is 1. The van der Waals surface area contributed by atoms with Crippen molar-refractivity contribution < 1.29 is 0 Å². The molecule has 0 amide bonds. The van der Waals surface area contributed by atoms with Crippen LogP contribution in [0, 0.1) is 5.92 Å². The molecular formula is C14H22N2. The summed E-state index contributed by atoms with van der Waals surface area (Å²) >= 11 is 0. The van der Waals surface area contributed by atoms with Gasteiger partial charge in [-0.1, -0.05) is 33.8 Å². The minimum absolute atomic E-state index is 0.191. The molecule has 2 heteroatoms. The summed E-state index contributed by atoms with van der Waals surface area (Å²) in [5.74, 6) is 1.90. The van der Waals surface area contributed by atoms with Gasteiger partial charge < -0.3 is 5.32 Å². The summed E-state index contributed by atoms with van der Waals surface area (Å²) < 4.78 is 0. The maximum Gasteiger partial charge on any atom is 0.126 e. The molecule has 0 radical (unpaired) electrons. The van der Waals surface area contributed by atoms with Gasteiger partial charge in [-0.3, -0.25) is 0 Å². The van der Waals surface area contributed by atoms with Gasteiger partial charge in [0, 0.05) is 12.2 Å². The second-order valence-corrected chi connectivity index (χ2v) is 6.10. The number of nitrogens with zero attached hydrogens (tertiary/aromatic N) is 1. The summed E-state index contributed by atoms with van der Waals surface area (Å²) in [6.45, 7) is 8.94. The van der Waals surface area contributed by atoms with E-state index in [0.29, 0.717) is 6.04 Å². The van der Waals surface area contributed by atoms with Crippen molar-refractivity contribution in [2.45, 2.75) is 52.0 Å². The van der Waals surface area contributed by atoms with Crippen LogP contribution >= 0.6 is 0 Å². The number of aromatic nitrogens is 1. The van der Waals surface area contributed by atoms with Crippen LogP contribution in [0.5, 0.6) is 0 Å². The van der Waals surface area contributed by atoms with E-state index in [9.17, 15) is 0 Å². The Morgan fingerprint density at radius 1 is 1.25 bits per heavy atom. The van der Waals surface area contributed by atoms with Crippen LogP contribution in [-0.2, 0) is 5.41 Å². The average Bonchev–Trinajstić information content (AvgIpc) is 2.15. The highest BCUT2D eigenvalue weighted by Gasteiger charge is 2.25. The molecule has 0 saturated heterocycles. The molecule has 1 heterocycles. The molecule has 0 aromatic carbocycles. The molecule has 1 aromatic rings. The van der Waals surface area contributed by atoms with Crippen LogP contribution in [0.3, 0.4) is 0 Å². The first-order valence-electron chi connectivity index (χ1n) is 6.18. The first-order chi connectivity index (χ1) is 7.45. The van der Waals surface area contributed by atoms with Crippen molar-refractivity contribution in [3.8, 4) is 0 Å². The Labute approximate surface area is 98.5 Å². The third-order valence-electron chi connectivity index (χ3n) is 3.36. The highest BCUT2D eigenvalue weighted by Crippen LogP contribution is 2.29. The van der Waals surface area contributed by atoms with Gasteiger partial charge in [-0.25, -0.2) is 4.98 Å². The fourth-order valence-corrected chi connectivity index (χ4v) is 2.15. The number of anilines is 1. The monoisotopic (exact) mass is 218 g/mol. The number of rotatable bonds is 2. The average molecular weight is 218 g/mol. The van der Waals surface area contributed by atoms with E-state index in [4.69, 9.17) is 0 Å². The Kier molecular flexibility index (Phi) is 2.92. The molecule has 1 saturated carbocycles. The highest BCUT2D eigenvalue weighted by atomic mass is 15.0. The summed E-state index contributed by atoms with van der Waals surface area (Å²) in [6.07, 6.45) is 4.55. The molecular weight excluding hydrogens is 196 g/mol. The van der Waals surface area contributed by atoms with Gasteiger partial charge in [-0.2, -0.15) is 0 Å². The van der Waals surface area contributed by atoms with E-state index in [-0.39, 0.29) is 5.41 Å². The van der Waals surface area contributed by atoms with Crippen LogP contribution in [-0.4, -0.2) is 11.0 Å².